The molecule has 1 aromatic carbocycles. The maximum atomic E-state index is 12.4. The minimum Gasteiger partial charge on any atom is -0.493 e. The molecule has 28 heavy (non-hydrogen) atoms. The van der Waals surface area contributed by atoms with Gasteiger partial charge in [-0.1, -0.05) is 33.8 Å². The van der Waals surface area contributed by atoms with Crippen molar-refractivity contribution in [1.82, 2.24) is 10.2 Å². The van der Waals surface area contributed by atoms with E-state index >= 15 is 0 Å². The van der Waals surface area contributed by atoms with Crippen LogP contribution in [0.5, 0.6) is 11.5 Å². The molecule has 0 aliphatic heterocycles. The number of amides is 1. The molecule has 1 N–H and O–H groups in total. The lowest BCUT2D eigenvalue weighted by molar-refractivity contribution is -0.117. The molecule has 1 aromatic rings. The molecule has 0 saturated heterocycles. The van der Waals surface area contributed by atoms with Gasteiger partial charge in [-0.15, -0.1) is 0 Å². The Morgan fingerprint density at radius 2 is 1.75 bits per heavy atom. The largest absolute Gasteiger partial charge is 0.493 e. The van der Waals surface area contributed by atoms with E-state index in [1.165, 1.54) is 0 Å². The quantitative estimate of drug-likeness (QED) is 0.465. The Morgan fingerprint density at radius 1 is 1.14 bits per heavy atom. The second kappa shape index (κ2) is 11.9. The molecule has 6 nitrogen and oxygen atoms in total. The Labute approximate surface area is 169 Å². The van der Waals surface area contributed by atoms with Gasteiger partial charge in [0.15, 0.2) is 11.5 Å². The molecule has 1 amide bonds. The van der Waals surface area contributed by atoms with E-state index in [2.05, 4.69) is 37.9 Å². The molecular formula is C22H33N3O3. The molecule has 0 bridgehead atoms. The van der Waals surface area contributed by atoms with Crippen LogP contribution in [0, 0.1) is 23.2 Å². The monoisotopic (exact) mass is 387 g/mol. The molecule has 0 unspecified atom stereocenters. The number of carbonyl (C=O) groups excluding carboxylic acids is 1. The molecular weight excluding hydrogens is 354 g/mol. The van der Waals surface area contributed by atoms with Crippen LogP contribution in [0.25, 0.3) is 0 Å². The number of ether oxygens (including phenoxy) is 2. The minimum atomic E-state index is -0.347. The van der Waals surface area contributed by atoms with Crippen molar-refractivity contribution in [3.05, 3.63) is 35.5 Å². The summed E-state index contributed by atoms with van der Waals surface area (Å²) in [5.41, 5.74) is 1.15. The highest BCUT2D eigenvalue weighted by molar-refractivity contribution is 5.97. The van der Waals surface area contributed by atoms with Crippen LogP contribution in [0.3, 0.4) is 0 Å². The van der Waals surface area contributed by atoms with Crippen molar-refractivity contribution in [2.45, 2.75) is 34.1 Å². The van der Waals surface area contributed by atoms with Gasteiger partial charge in [-0.25, -0.2) is 0 Å². The third kappa shape index (κ3) is 7.91. The van der Waals surface area contributed by atoms with Crippen molar-refractivity contribution >= 4 is 5.91 Å². The second-order valence-corrected chi connectivity index (χ2v) is 7.59. The third-order valence-corrected chi connectivity index (χ3v) is 4.02. The van der Waals surface area contributed by atoms with Crippen molar-refractivity contribution in [1.29, 1.82) is 5.26 Å². The van der Waals surface area contributed by atoms with Crippen molar-refractivity contribution in [2.75, 3.05) is 33.9 Å². The number of benzene rings is 1. The third-order valence-electron chi connectivity index (χ3n) is 4.02. The molecule has 0 saturated carbocycles. The number of carbonyl (C=O) groups is 1. The summed E-state index contributed by atoms with van der Waals surface area (Å²) in [4.78, 5) is 14.5. The summed E-state index contributed by atoms with van der Waals surface area (Å²) in [6.07, 6.45) is 2.32. The number of nitriles is 1. The number of nitrogens with one attached hydrogen (secondary N) is 1. The van der Waals surface area contributed by atoms with Gasteiger partial charge in [0.25, 0.3) is 5.91 Å². The molecule has 0 fully saturated rings. The summed E-state index contributed by atoms with van der Waals surface area (Å²) in [5, 5.41) is 12.3. The average Bonchev–Trinajstić information content (AvgIpc) is 2.64. The number of hydrogen-bond acceptors (Lipinski definition) is 5. The van der Waals surface area contributed by atoms with Crippen LogP contribution in [-0.2, 0) is 11.2 Å². The van der Waals surface area contributed by atoms with Gasteiger partial charge < -0.3 is 19.7 Å². The Morgan fingerprint density at radius 3 is 2.25 bits per heavy atom. The number of nitrogens with zero attached hydrogens (tertiary/aromatic N) is 2. The smallest absolute Gasteiger partial charge is 0.263 e. The van der Waals surface area contributed by atoms with E-state index in [1.807, 2.05) is 24.3 Å². The molecule has 6 heteroatoms. The molecule has 0 aromatic heterocycles. The highest BCUT2D eigenvalue weighted by atomic mass is 16.5. The fraction of sp³-hybridized carbons (Fsp3) is 0.545. The zero-order valence-electron chi connectivity index (χ0n) is 17.9. The molecule has 0 aliphatic rings. The standard InChI is InChI=1S/C22H33N3O3/c1-16(2)13-25(14-17(3)4)15-19(12-23)22(26)24-10-9-18-7-8-20(27-5)21(11-18)28-6/h7-8,11,15-17H,9-10,13-14H2,1-6H3,(H,24,26)/b19-15-. The summed E-state index contributed by atoms with van der Waals surface area (Å²) >= 11 is 0. The molecule has 154 valence electrons. The van der Waals surface area contributed by atoms with Crippen LogP contribution in [0.2, 0.25) is 0 Å². The number of hydrogen-bond donors (Lipinski definition) is 1. The second-order valence-electron chi connectivity index (χ2n) is 7.59. The minimum absolute atomic E-state index is 0.133. The molecule has 1 rings (SSSR count). The fourth-order valence-corrected chi connectivity index (χ4v) is 2.89. The van der Waals surface area contributed by atoms with Gasteiger partial charge in [-0.3, -0.25) is 4.79 Å². The molecule has 0 atom stereocenters. The molecule has 0 aliphatic carbocycles. The predicted octanol–water partition coefficient (Wildman–Crippen LogP) is 3.38. The summed E-state index contributed by atoms with van der Waals surface area (Å²) in [6, 6.07) is 7.69. The fourth-order valence-electron chi connectivity index (χ4n) is 2.89. The van der Waals surface area contributed by atoms with Gasteiger partial charge in [0.1, 0.15) is 11.6 Å². The number of methoxy groups -OCH3 is 2. The zero-order chi connectivity index (χ0) is 21.1. The normalized spacial score (nSPS) is 11.3. The topological polar surface area (TPSA) is 74.6 Å². The Balaban J connectivity index is 2.72. The first-order valence-electron chi connectivity index (χ1n) is 9.65. The maximum Gasteiger partial charge on any atom is 0.263 e. The average molecular weight is 388 g/mol. The van der Waals surface area contributed by atoms with Crippen LogP contribution in [0.15, 0.2) is 30.0 Å². The van der Waals surface area contributed by atoms with Crippen LogP contribution in [0.4, 0.5) is 0 Å². The first kappa shape index (κ1) is 23.4. The van der Waals surface area contributed by atoms with E-state index in [0.29, 0.717) is 36.3 Å². The van der Waals surface area contributed by atoms with Crippen LogP contribution < -0.4 is 14.8 Å². The predicted molar refractivity (Wildman–Crippen MR) is 111 cm³/mol. The first-order chi connectivity index (χ1) is 13.3. The van der Waals surface area contributed by atoms with Crippen LogP contribution in [-0.4, -0.2) is 44.7 Å². The van der Waals surface area contributed by atoms with Crippen molar-refractivity contribution in [3.63, 3.8) is 0 Å². The van der Waals surface area contributed by atoms with Gasteiger partial charge >= 0.3 is 0 Å². The van der Waals surface area contributed by atoms with E-state index < -0.39 is 0 Å². The molecule has 0 radical (unpaired) electrons. The van der Waals surface area contributed by atoms with E-state index in [4.69, 9.17) is 9.47 Å². The lowest BCUT2D eigenvalue weighted by Crippen LogP contribution is -2.31. The zero-order valence-corrected chi connectivity index (χ0v) is 17.9. The summed E-state index contributed by atoms with van der Waals surface area (Å²) < 4.78 is 10.5. The van der Waals surface area contributed by atoms with Crippen molar-refractivity contribution in [2.24, 2.45) is 11.8 Å². The van der Waals surface area contributed by atoms with Gasteiger partial charge in [-0.2, -0.15) is 5.26 Å². The van der Waals surface area contributed by atoms with Gasteiger partial charge in [-0.05, 0) is 36.0 Å². The van der Waals surface area contributed by atoms with Crippen LogP contribution >= 0.6 is 0 Å². The van der Waals surface area contributed by atoms with Gasteiger partial charge in [0.2, 0.25) is 0 Å². The molecule has 0 heterocycles. The van der Waals surface area contributed by atoms with Gasteiger partial charge in [0.05, 0.1) is 14.2 Å². The highest BCUT2D eigenvalue weighted by Crippen LogP contribution is 2.27. The SMILES string of the molecule is COc1ccc(CCNC(=O)/C(C#N)=C\N(CC(C)C)CC(C)C)cc1OC. The summed E-state index contributed by atoms with van der Waals surface area (Å²) in [7, 11) is 3.18. The van der Waals surface area contributed by atoms with Gasteiger partial charge in [0, 0.05) is 25.8 Å². The summed E-state index contributed by atoms with van der Waals surface area (Å²) in [5.74, 6) is 1.87. The Hall–Kier alpha value is -2.68. The van der Waals surface area contributed by atoms with E-state index in [1.54, 1.807) is 20.4 Å². The Kier molecular flexibility index (Phi) is 9.94. The lowest BCUT2D eigenvalue weighted by Gasteiger charge is -2.25. The van der Waals surface area contributed by atoms with Crippen LogP contribution in [0.1, 0.15) is 33.3 Å². The van der Waals surface area contributed by atoms with Crippen molar-refractivity contribution < 1.29 is 14.3 Å². The van der Waals surface area contributed by atoms with E-state index in [-0.39, 0.29) is 11.5 Å². The van der Waals surface area contributed by atoms with Crippen molar-refractivity contribution in [3.8, 4) is 17.6 Å². The van der Waals surface area contributed by atoms with E-state index in [9.17, 15) is 10.1 Å². The lowest BCUT2D eigenvalue weighted by atomic mass is 10.1. The van der Waals surface area contributed by atoms with E-state index in [0.717, 1.165) is 18.7 Å². The Bertz CT molecular complexity index is 695. The molecule has 0 spiro atoms. The number of rotatable bonds is 11. The highest BCUT2D eigenvalue weighted by Gasteiger charge is 2.13. The first-order valence-corrected chi connectivity index (χ1v) is 9.65. The maximum absolute atomic E-state index is 12.4. The summed E-state index contributed by atoms with van der Waals surface area (Å²) in [6.45, 7) is 10.5.